The predicted molar refractivity (Wildman–Crippen MR) is 55.7 cm³/mol. The minimum Gasteiger partial charge on any atom is -0.481 e. The molecule has 0 radical (unpaired) electrons. The van der Waals surface area contributed by atoms with Crippen LogP contribution < -0.4 is 5.32 Å². The summed E-state index contributed by atoms with van der Waals surface area (Å²) in [5.74, 6) is -1.23. The highest BCUT2D eigenvalue weighted by Gasteiger charge is 2.30. The zero-order valence-corrected chi connectivity index (χ0v) is 9.23. The smallest absolute Gasteiger partial charge is 0.305 e. The number of carboxylic acid groups (broad SMARTS) is 1. The summed E-state index contributed by atoms with van der Waals surface area (Å²) in [7, 11) is 0. The number of carboxylic acids is 1. The van der Waals surface area contributed by atoms with Crippen LogP contribution in [0.1, 0.15) is 26.2 Å². The molecule has 0 saturated carbocycles. The predicted octanol–water partition coefficient (Wildman–Crippen LogP) is -0.412. The van der Waals surface area contributed by atoms with Gasteiger partial charge in [0.2, 0.25) is 11.8 Å². The average molecular weight is 228 g/mol. The summed E-state index contributed by atoms with van der Waals surface area (Å²) in [5.41, 5.74) is 0. The van der Waals surface area contributed by atoms with Gasteiger partial charge in [-0.25, -0.2) is 0 Å². The summed E-state index contributed by atoms with van der Waals surface area (Å²) in [6.07, 6.45) is 0.800. The molecule has 1 unspecified atom stereocenters. The Hall–Kier alpha value is -1.59. The minimum atomic E-state index is -0.929. The number of nitrogens with zero attached hydrogens (tertiary/aromatic N) is 1. The van der Waals surface area contributed by atoms with Crippen molar-refractivity contribution in [1.82, 2.24) is 10.2 Å². The number of amides is 2. The fourth-order valence-electron chi connectivity index (χ4n) is 1.67. The van der Waals surface area contributed by atoms with Gasteiger partial charge in [0.05, 0.1) is 6.42 Å². The Bertz CT molecular complexity index is 303. The molecule has 2 N–H and O–H groups in total. The van der Waals surface area contributed by atoms with Gasteiger partial charge >= 0.3 is 5.97 Å². The van der Waals surface area contributed by atoms with Crippen molar-refractivity contribution in [1.29, 1.82) is 0 Å². The Labute approximate surface area is 93.6 Å². The highest BCUT2D eigenvalue weighted by molar-refractivity contribution is 5.90. The first-order chi connectivity index (χ1) is 7.54. The highest BCUT2D eigenvalue weighted by atomic mass is 16.4. The largest absolute Gasteiger partial charge is 0.481 e. The van der Waals surface area contributed by atoms with Crippen LogP contribution in [0.2, 0.25) is 0 Å². The second-order valence-electron chi connectivity index (χ2n) is 3.72. The van der Waals surface area contributed by atoms with Crippen molar-refractivity contribution in [3.63, 3.8) is 0 Å². The van der Waals surface area contributed by atoms with Crippen LogP contribution in [0.5, 0.6) is 0 Å². The molecule has 0 aliphatic carbocycles. The van der Waals surface area contributed by atoms with Crippen molar-refractivity contribution < 1.29 is 19.5 Å². The molecule has 2 amide bonds. The van der Waals surface area contributed by atoms with E-state index in [0.29, 0.717) is 19.4 Å². The molecule has 1 fully saturated rings. The van der Waals surface area contributed by atoms with E-state index in [9.17, 15) is 14.4 Å². The standard InChI is InChI=1S/C10H16N2O4/c1-2-12(6-5-9(14)15)10(16)7-3-4-8(13)11-7/h7H,2-6H2,1H3,(H,11,13)(H,14,15). The van der Waals surface area contributed by atoms with E-state index < -0.39 is 12.0 Å². The molecule has 6 heteroatoms. The Morgan fingerprint density at radius 2 is 2.25 bits per heavy atom. The molecule has 1 aliphatic rings. The maximum Gasteiger partial charge on any atom is 0.305 e. The van der Waals surface area contributed by atoms with Crippen molar-refractivity contribution in [2.45, 2.75) is 32.2 Å². The lowest BCUT2D eigenvalue weighted by Crippen LogP contribution is -2.45. The van der Waals surface area contributed by atoms with Gasteiger partial charge in [0, 0.05) is 19.5 Å². The van der Waals surface area contributed by atoms with E-state index >= 15 is 0 Å². The quantitative estimate of drug-likeness (QED) is 0.669. The van der Waals surface area contributed by atoms with E-state index in [-0.39, 0.29) is 24.8 Å². The molecule has 0 aromatic rings. The minimum absolute atomic E-state index is 0.0692. The highest BCUT2D eigenvalue weighted by Crippen LogP contribution is 2.10. The first-order valence-electron chi connectivity index (χ1n) is 5.34. The normalized spacial score (nSPS) is 19.3. The summed E-state index contributed by atoms with van der Waals surface area (Å²) in [5, 5.41) is 11.1. The summed E-state index contributed by atoms with van der Waals surface area (Å²) < 4.78 is 0. The molecule has 1 atom stereocenters. The average Bonchev–Trinajstić information content (AvgIpc) is 2.65. The van der Waals surface area contributed by atoms with Gasteiger partial charge in [0.25, 0.3) is 0 Å². The van der Waals surface area contributed by atoms with Gasteiger partial charge in [-0.2, -0.15) is 0 Å². The third-order valence-electron chi connectivity index (χ3n) is 2.58. The Morgan fingerprint density at radius 1 is 1.56 bits per heavy atom. The zero-order valence-electron chi connectivity index (χ0n) is 9.23. The van der Waals surface area contributed by atoms with Crippen molar-refractivity contribution in [2.75, 3.05) is 13.1 Å². The molecular weight excluding hydrogens is 212 g/mol. The number of hydrogen-bond donors (Lipinski definition) is 2. The lowest BCUT2D eigenvalue weighted by atomic mass is 10.2. The number of aliphatic carboxylic acids is 1. The zero-order chi connectivity index (χ0) is 12.1. The molecular formula is C10H16N2O4. The van der Waals surface area contributed by atoms with E-state index in [0.717, 1.165) is 0 Å². The summed E-state index contributed by atoms with van der Waals surface area (Å²) in [6, 6.07) is -0.471. The Kier molecular flexibility index (Phi) is 4.28. The van der Waals surface area contributed by atoms with Crippen LogP contribution in [0, 0.1) is 0 Å². The molecule has 1 aliphatic heterocycles. The van der Waals surface area contributed by atoms with E-state index in [1.165, 1.54) is 4.90 Å². The molecule has 16 heavy (non-hydrogen) atoms. The van der Waals surface area contributed by atoms with Crippen molar-refractivity contribution in [2.24, 2.45) is 0 Å². The van der Waals surface area contributed by atoms with Crippen molar-refractivity contribution in [3.05, 3.63) is 0 Å². The van der Waals surface area contributed by atoms with Crippen molar-refractivity contribution >= 4 is 17.8 Å². The fourth-order valence-corrected chi connectivity index (χ4v) is 1.67. The molecule has 1 saturated heterocycles. The second kappa shape index (κ2) is 5.48. The van der Waals surface area contributed by atoms with Gasteiger partial charge in [0.1, 0.15) is 6.04 Å². The maximum absolute atomic E-state index is 11.9. The monoisotopic (exact) mass is 228 g/mol. The number of carbonyl (C=O) groups is 3. The number of nitrogens with one attached hydrogen (secondary N) is 1. The lowest BCUT2D eigenvalue weighted by Gasteiger charge is -2.23. The van der Waals surface area contributed by atoms with E-state index in [1.54, 1.807) is 6.92 Å². The van der Waals surface area contributed by atoms with Crippen molar-refractivity contribution in [3.8, 4) is 0 Å². The number of hydrogen-bond acceptors (Lipinski definition) is 3. The molecule has 1 heterocycles. The molecule has 6 nitrogen and oxygen atoms in total. The lowest BCUT2D eigenvalue weighted by molar-refractivity contribution is -0.139. The van der Waals surface area contributed by atoms with Crippen LogP contribution in [0.25, 0.3) is 0 Å². The number of carbonyl (C=O) groups excluding carboxylic acids is 2. The molecule has 0 aromatic carbocycles. The molecule has 0 aromatic heterocycles. The van der Waals surface area contributed by atoms with Crippen LogP contribution in [-0.4, -0.2) is 46.9 Å². The summed E-state index contributed by atoms with van der Waals surface area (Å²) in [6.45, 7) is 2.44. The van der Waals surface area contributed by atoms with Crippen LogP contribution >= 0.6 is 0 Å². The Balaban J connectivity index is 2.48. The summed E-state index contributed by atoms with van der Waals surface area (Å²) >= 11 is 0. The topological polar surface area (TPSA) is 86.7 Å². The fraction of sp³-hybridized carbons (Fsp3) is 0.700. The van der Waals surface area contributed by atoms with E-state index in [1.807, 2.05) is 0 Å². The van der Waals surface area contributed by atoms with Gasteiger partial charge in [-0.1, -0.05) is 0 Å². The van der Waals surface area contributed by atoms with E-state index in [4.69, 9.17) is 5.11 Å². The maximum atomic E-state index is 11.9. The van der Waals surface area contributed by atoms with Crippen LogP contribution in [0.4, 0.5) is 0 Å². The van der Waals surface area contributed by atoms with Gasteiger partial charge in [0.15, 0.2) is 0 Å². The van der Waals surface area contributed by atoms with Gasteiger partial charge < -0.3 is 15.3 Å². The second-order valence-corrected chi connectivity index (χ2v) is 3.72. The Morgan fingerprint density at radius 3 is 2.69 bits per heavy atom. The third-order valence-corrected chi connectivity index (χ3v) is 2.58. The van der Waals surface area contributed by atoms with Gasteiger partial charge in [-0.05, 0) is 13.3 Å². The molecule has 90 valence electrons. The number of likely N-dealkylation sites (N-methyl/N-ethyl adjacent to an activating group) is 1. The van der Waals surface area contributed by atoms with Gasteiger partial charge in [-0.15, -0.1) is 0 Å². The molecule has 1 rings (SSSR count). The van der Waals surface area contributed by atoms with Gasteiger partial charge in [-0.3, -0.25) is 14.4 Å². The first-order valence-corrected chi connectivity index (χ1v) is 5.34. The van der Waals surface area contributed by atoms with Crippen LogP contribution in [-0.2, 0) is 14.4 Å². The molecule has 0 bridgehead atoms. The first kappa shape index (κ1) is 12.5. The third kappa shape index (κ3) is 3.22. The number of rotatable bonds is 5. The summed E-state index contributed by atoms with van der Waals surface area (Å²) in [4.78, 5) is 34.7. The van der Waals surface area contributed by atoms with E-state index in [2.05, 4.69) is 5.32 Å². The molecule has 0 spiro atoms. The SMILES string of the molecule is CCN(CCC(=O)O)C(=O)C1CCC(=O)N1. The van der Waals surface area contributed by atoms with Crippen LogP contribution in [0.3, 0.4) is 0 Å². The van der Waals surface area contributed by atoms with Crippen LogP contribution in [0.15, 0.2) is 0 Å².